The first-order valence-electron chi connectivity index (χ1n) is 6.73. The van der Waals surface area contributed by atoms with Crippen molar-refractivity contribution in [3.8, 4) is 0 Å². The van der Waals surface area contributed by atoms with Crippen LogP contribution in [0.3, 0.4) is 0 Å². The summed E-state index contributed by atoms with van der Waals surface area (Å²) in [5.41, 5.74) is 0. The van der Waals surface area contributed by atoms with Gasteiger partial charge in [0.1, 0.15) is 0 Å². The van der Waals surface area contributed by atoms with E-state index in [1.54, 1.807) is 32.0 Å². The summed E-state index contributed by atoms with van der Waals surface area (Å²) in [6.45, 7) is 3.43. The molecule has 0 spiro atoms. The van der Waals surface area contributed by atoms with E-state index in [1.807, 2.05) is 0 Å². The highest BCUT2D eigenvalue weighted by atomic mass is 79.9. The Morgan fingerprint density at radius 2 is 2.00 bits per heavy atom. The Kier molecular flexibility index (Phi) is 6.83. The number of carboxylic acid groups (broad SMARTS) is 1. The van der Waals surface area contributed by atoms with Crippen molar-refractivity contribution in [2.45, 2.75) is 44.0 Å². The van der Waals surface area contributed by atoms with Gasteiger partial charge >= 0.3 is 5.97 Å². The summed E-state index contributed by atoms with van der Waals surface area (Å²) in [6, 6.07) is 6.26. The summed E-state index contributed by atoms with van der Waals surface area (Å²) < 4.78 is 27.7. The standard InChI is InChI=1S/C14H20BrNO4S/c1-10(14(17)18)5-3-6-11(2)16-21(19,20)13-8-4-7-12(15)9-13/h4,7-11,16H,3,5-6H2,1-2H3,(H,17,18). The van der Waals surface area contributed by atoms with E-state index in [0.29, 0.717) is 23.7 Å². The van der Waals surface area contributed by atoms with Crippen molar-refractivity contribution < 1.29 is 18.3 Å². The molecule has 0 heterocycles. The molecule has 2 N–H and O–H groups in total. The lowest BCUT2D eigenvalue weighted by molar-refractivity contribution is -0.141. The number of hydrogen-bond donors (Lipinski definition) is 2. The van der Waals surface area contributed by atoms with Crippen molar-refractivity contribution >= 4 is 31.9 Å². The number of carboxylic acids is 1. The Bertz CT molecular complexity index is 588. The Morgan fingerprint density at radius 1 is 1.33 bits per heavy atom. The predicted octanol–water partition coefficient (Wildman–Crippen LogP) is 3.01. The highest BCUT2D eigenvalue weighted by molar-refractivity contribution is 9.10. The van der Waals surface area contributed by atoms with Crippen molar-refractivity contribution in [1.29, 1.82) is 0 Å². The van der Waals surface area contributed by atoms with E-state index in [0.717, 1.165) is 0 Å². The number of halogens is 1. The van der Waals surface area contributed by atoms with Gasteiger partial charge < -0.3 is 5.11 Å². The van der Waals surface area contributed by atoms with Crippen molar-refractivity contribution in [3.63, 3.8) is 0 Å². The van der Waals surface area contributed by atoms with Gasteiger partial charge in [0, 0.05) is 10.5 Å². The molecule has 21 heavy (non-hydrogen) atoms. The van der Waals surface area contributed by atoms with E-state index in [1.165, 1.54) is 6.07 Å². The topological polar surface area (TPSA) is 83.5 Å². The average molecular weight is 378 g/mol. The van der Waals surface area contributed by atoms with Gasteiger partial charge in [-0.05, 0) is 38.0 Å². The molecule has 0 aromatic heterocycles. The summed E-state index contributed by atoms with van der Waals surface area (Å²) in [5.74, 6) is -1.23. The molecule has 0 aliphatic heterocycles. The van der Waals surface area contributed by atoms with Crippen LogP contribution in [0.15, 0.2) is 33.6 Å². The minimum Gasteiger partial charge on any atom is -0.481 e. The zero-order chi connectivity index (χ0) is 16.0. The number of sulfonamides is 1. The van der Waals surface area contributed by atoms with Crippen LogP contribution in [-0.2, 0) is 14.8 Å². The number of aliphatic carboxylic acids is 1. The van der Waals surface area contributed by atoms with E-state index >= 15 is 0 Å². The molecular weight excluding hydrogens is 358 g/mol. The lowest BCUT2D eigenvalue weighted by atomic mass is 10.0. The molecule has 7 heteroatoms. The third kappa shape index (κ3) is 6.15. The van der Waals surface area contributed by atoms with Crippen molar-refractivity contribution in [2.75, 3.05) is 0 Å². The van der Waals surface area contributed by atoms with E-state index in [9.17, 15) is 13.2 Å². The molecule has 0 aliphatic rings. The Hall–Kier alpha value is -0.920. The highest BCUT2D eigenvalue weighted by Crippen LogP contribution is 2.17. The minimum absolute atomic E-state index is 0.211. The maximum absolute atomic E-state index is 12.2. The first-order valence-corrected chi connectivity index (χ1v) is 9.00. The van der Waals surface area contributed by atoms with Crippen LogP contribution in [0.25, 0.3) is 0 Å². The largest absolute Gasteiger partial charge is 0.481 e. The summed E-state index contributed by atoms with van der Waals surface area (Å²) in [6.07, 6.45) is 1.80. The number of benzene rings is 1. The van der Waals surface area contributed by atoms with Crippen LogP contribution in [0.5, 0.6) is 0 Å². The van der Waals surface area contributed by atoms with Crippen LogP contribution in [-0.4, -0.2) is 25.5 Å². The van der Waals surface area contributed by atoms with Crippen molar-refractivity contribution in [2.24, 2.45) is 5.92 Å². The fraction of sp³-hybridized carbons (Fsp3) is 0.500. The molecule has 118 valence electrons. The Morgan fingerprint density at radius 3 is 2.57 bits per heavy atom. The van der Waals surface area contributed by atoms with Gasteiger partial charge in [-0.2, -0.15) is 0 Å². The fourth-order valence-corrected chi connectivity index (χ4v) is 3.75. The molecule has 1 rings (SSSR count). The normalized spacial score (nSPS) is 14.6. The van der Waals surface area contributed by atoms with Crippen LogP contribution in [0, 0.1) is 5.92 Å². The van der Waals surface area contributed by atoms with Crippen LogP contribution >= 0.6 is 15.9 Å². The summed E-state index contributed by atoms with van der Waals surface area (Å²) in [4.78, 5) is 10.9. The predicted molar refractivity (Wildman–Crippen MR) is 84.6 cm³/mol. The highest BCUT2D eigenvalue weighted by Gasteiger charge is 2.18. The quantitative estimate of drug-likeness (QED) is 0.729. The molecule has 0 amide bonds. The molecule has 0 fully saturated rings. The monoisotopic (exact) mass is 377 g/mol. The zero-order valence-electron chi connectivity index (χ0n) is 12.0. The lowest BCUT2D eigenvalue weighted by Gasteiger charge is -2.15. The van der Waals surface area contributed by atoms with Gasteiger partial charge in [0.05, 0.1) is 10.8 Å². The molecule has 1 aromatic carbocycles. The zero-order valence-corrected chi connectivity index (χ0v) is 14.4. The summed E-state index contributed by atoms with van der Waals surface area (Å²) in [7, 11) is -3.55. The fourth-order valence-electron chi connectivity index (χ4n) is 1.88. The summed E-state index contributed by atoms with van der Waals surface area (Å²) in [5, 5.41) is 8.79. The van der Waals surface area contributed by atoms with Gasteiger partial charge in [-0.1, -0.05) is 35.3 Å². The molecule has 1 aromatic rings. The second-order valence-electron chi connectivity index (χ2n) is 5.15. The number of rotatable bonds is 8. The van der Waals surface area contributed by atoms with Crippen LogP contribution in [0.4, 0.5) is 0 Å². The first-order chi connectivity index (χ1) is 9.72. The van der Waals surface area contributed by atoms with E-state index in [4.69, 9.17) is 5.11 Å². The van der Waals surface area contributed by atoms with Crippen LogP contribution in [0.1, 0.15) is 33.1 Å². The molecule has 2 atom stereocenters. The van der Waals surface area contributed by atoms with E-state index < -0.39 is 21.9 Å². The van der Waals surface area contributed by atoms with Crippen molar-refractivity contribution in [3.05, 3.63) is 28.7 Å². The van der Waals surface area contributed by atoms with Crippen molar-refractivity contribution in [1.82, 2.24) is 4.72 Å². The number of hydrogen-bond acceptors (Lipinski definition) is 3. The summed E-state index contributed by atoms with van der Waals surface area (Å²) >= 11 is 3.24. The Balaban J connectivity index is 2.54. The van der Waals surface area contributed by atoms with Gasteiger partial charge in [0.25, 0.3) is 0 Å². The first kappa shape index (κ1) is 18.1. The van der Waals surface area contributed by atoms with Gasteiger partial charge in [-0.3, -0.25) is 4.79 Å². The molecule has 5 nitrogen and oxygen atoms in total. The number of carbonyl (C=O) groups is 1. The molecule has 0 radical (unpaired) electrons. The van der Waals surface area contributed by atoms with Crippen LogP contribution in [0.2, 0.25) is 0 Å². The maximum atomic E-state index is 12.2. The average Bonchev–Trinajstić information content (AvgIpc) is 2.37. The second-order valence-corrected chi connectivity index (χ2v) is 7.78. The third-order valence-corrected chi connectivity index (χ3v) is 5.24. The van der Waals surface area contributed by atoms with Gasteiger partial charge in [0.15, 0.2) is 0 Å². The minimum atomic E-state index is -3.55. The van der Waals surface area contributed by atoms with E-state index in [2.05, 4.69) is 20.7 Å². The second kappa shape index (κ2) is 7.91. The molecular formula is C14H20BrNO4S. The van der Waals surface area contributed by atoms with E-state index in [-0.39, 0.29) is 10.9 Å². The smallest absolute Gasteiger partial charge is 0.306 e. The maximum Gasteiger partial charge on any atom is 0.306 e. The third-order valence-electron chi connectivity index (χ3n) is 3.16. The molecule has 0 bridgehead atoms. The molecule has 2 unspecified atom stereocenters. The van der Waals surface area contributed by atoms with Gasteiger partial charge in [-0.25, -0.2) is 13.1 Å². The number of nitrogens with one attached hydrogen (secondary N) is 1. The Labute approximate surface area is 133 Å². The lowest BCUT2D eigenvalue weighted by Crippen LogP contribution is -2.32. The van der Waals surface area contributed by atoms with Crippen LogP contribution < -0.4 is 4.72 Å². The van der Waals surface area contributed by atoms with Gasteiger partial charge in [-0.15, -0.1) is 0 Å². The van der Waals surface area contributed by atoms with Gasteiger partial charge in [0.2, 0.25) is 10.0 Å². The molecule has 0 saturated carbocycles. The molecule has 0 saturated heterocycles. The SMILES string of the molecule is CC(CCCC(C)C(=O)O)NS(=O)(=O)c1cccc(Br)c1. The molecule has 0 aliphatic carbocycles.